The molecule has 102 valence electrons. The van der Waals surface area contributed by atoms with Crippen LogP contribution in [-0.4, -0.2) is 41.4 Å². The molecule has 0 aromatic rings. The van der Waals surface area contributed by atoms with Crippen LogP contribution in [0.3, 0.4) is 0 Å². The van der Waals surface area contributed by atoms with Crippen molar-refractivity contribution in [2.24, 2.45) is 0 Å². The maximum absolute atomic E-state index is 11.1. The molecule has 0 aliphatic carbocycles. The van der Waals surface area contributed by atoms with E-state index in [4.69, 9.17) is 4.74 Å². The summed E-state index contributed by atoms with van der Waals surface area (Å²) in [6, 6.07) is 0. The standard InChI is InChI=1S/C12H25NO3S/c1-3-16-12(14)8-6-5-7-9-13-10-11-17(15)4-2/h13H,3-11H2,1-2H3. The normalized spacial score (nSPS) is 12.4. The fourth-order valence-corrected chi connectivity index (χ4v) is 2.05. The van der Waals surface area contributed by atoms with E-state index < -0.39 is 10.8 Å². The van der Waals surface area contributed by atoms with Gasteiger partial charge in [-0.1, -0.05) is 13.3 Å². The Bertz CT molecular complexity index is 222. The van der Waals surface area contributed by atoms with Gasteiger partial charge in [0.05, 0.1) is 6.61 Å². The molecule has 0 saturated carbocycles. The minimum atomic E-state index is -0.668. The molecular formula is C12H25NO3S. The fraction of sp³-hybridized carbons (Fsp3) is 0.917. The first-order valence-electron chi connectivity index (χ1n) is 6.42. The van der Waals surface area contributed by atoms with Gasteiger partial charge in [0.2, 0.25) is 0 Å². The van der Waals surface area contributed by atoms with Crippen molar-refractivity contribution in [1.82, 2.24) is 5.32 Å². The van der Waals surface area contributed by atoms with Crippen molar-refractivity contribution in [3.63, 3.8) is 0 Å². The summed E-state index contributed by atoms with van der Waals surface area (Å²) in [7, 11) is -0.668. The summed E-state index contributed by atoms with van der Waals surface area (Å²) in [5, 5.41) is 3.25. The highest BCUT2D eigenvalue weighted by atomic mass is 32.2. The van der Waals surface area contributed by atoms with Crippen molar-refractivity contribution >= 4 is 16.8 Å². The maximum atomic E-state index is 11.1. The van der Waals surface area contributed by atoms with E-state index in [0.717, 1.165) is 43.9 Å². The highest BCUT2D eigenvalue weighted by Gasteiger charge is 2.00. The fourth-order valence-electron chi connectivity index (χ4n) is 1.38. The second kappa shape index (κ2) is 12.0. The molecule has 1 atom stereocenters. The molecule has 0 aliphatic rings. The van der Waals surface area contributed by atoms with E-state index in [1.54, 1.807) is 0 Å². The number of unbranched alkanes of at least 4 members (excludes halogenated alkanes) is 2. The number of hydrogen-bond donors (Lipinski definition) is 1. The summed E-state index contributed by atoms with van der Waals surface area (Å²) < 4.78 is 15.9. The summed E-state index contributed by atoms with van der Waals surface area (Å²) in [6.45, 7) is 5.98. The predicted molar refractivity (Wildman–Crippen MR) is 71.5 cm³/mol. The lowest BCUT2D eigenvalue weighted by Crippen LogP contribution is -2.22. The van der Waals surface area contributed by atoms with Gasteiger partial charge in [0.15, 0.2) is 0 Å². The van der Waals surface area contributed by atoms with E-state index in [1.807, 2.05) is 13.8 Å². The van der Waals surface area contributed by atoms with Gasteiger partial charge in [0, 0.05) is 35.3 Å². The van der Waals surface area contributed by atoms with Gasteiger partial charge < -0.3 is 10.1 Å². The minimum absolute atomic E-state index is 0.0983. The van der Waals surface area contributed by atoms with Crippen LogP contribution in [0.25, 0.3) is 0 Å². The molecule has 4 nitrogen and oxygen atoms in total. The van der Waals surface area contributed by atoms with E-state index in [9.17, 15) is 9.00 Å². The summed E-state index contributed by atoms with van der Waals surface area (Å²) in [4.78, 5) is 11.0. The molecule has 1 N–H and O–H groups in total. The Morgan fingerprint density at radius 1 is 1.18 bits per heavy atom. The summed E-state index contributed by atoms with van der Waals surface area (Å²) in [5.74, 6) is 1.37. The van der Waals surface area contributed by atoms with Gasteiger partial charge >= 0.3 is 5.97 Å². The average molecular weight is 263 g/mol. The van der Waals surface area contributed by atoms with Gasteiger partial charge in [-0.15, -0.1) is 0 Å². The molecule has 0 fully saturated rings. The number of rotatable bonds is 11. The minimum Gasteiger partial charge on any atom is -0.466 e. The lowest BCUT2D eigenvalue weighted by atomic mass is 10.2. The SMILES string of the molecule is CCOC(=O)CCCCCNCCS(=O)CC. The molecule has 1 unspecified atom stereocenters. The second-order valence-corrected chi connectivity index (χ2v) is 5.66. The van der Waals surface area contributed by atoms with E-state index >= 15 is 0 Å². The predicted octanol–water partition coefficient (Wildman–Crippen LogP) is 1.47. The summed E-state index contributed by atoms with van der Waals surface area (Å²) >= 11 is 0. The van der Waals surface area contributed by atoms with Crippen molar-refractivity contribution in [2.45, 2.75) is 39.5 Å². The Hall–Kier alpha value is -0.420. The van der Waals surface area contributed by atoms with Gasteiger partial charge in [0.25, 0.3) is 0 Å². The highest BCUT2D eigenvalue weighted by Crippen LogP contribution is 2.00. The van der Waals surface area contributed by atoms with Crippen LogP contribution < -0.4 is 5.32 Å². The van der Waals surface area contributed by atoms with Crippen LogP contribution in [0.5, 0.6) is 0 Å². The number of carbonyl (C=O) groups is 1. The van der Waals surface area contributed by atoms with Crippen LogP contribution in [0.2, 0.25) is 0 Å². The number of carbonyl (C=O) groups excluding carboxylic acids is 1. The molecule has 5 heteroatoms. The Morgan fingerprint density at radius 3 is 2.59 bits per heavy atom. The third kappa shape index (κ3) is 11.8. The van der Waals surface area contributed by atoms with Crippen LogP contribution in [0.4, 0.5) is 0 Å². The lowest BCUT2D eigenvalue weighted by Gasteiger charge is -2.04. The number of hydrogen-bond acceptors (Lipinski definition) is 4. The van der Waals surface area contributed by atoms with Crippen molar-refractivity contribution in [1.29, 1.82) is 0 Å². The van der Waals surface area contributed by atoms with Gasteiger partial charge in [0.1, 0.15) is 0 Å². The van der Waals surface area contributed by atoms with Crippen LogP contribution >= 0.6 is 0 Å². The Kier molecular flexibility index (Phi) is 11.8. The van der Waals surface area contributed by atoms with Gasteiger partial charge in [-0.3, -0.25) is 9.00 Å². The van der Waals surface area contributed by atoms with E-state index in [-0.39, 0.29) is 5.97 Å². The van der Waals surface area contributed by atoms with Gasteiger partial charge in [-0.2, -0.15) is 0 Å². The smallest absolute Gasteiger partial charge is 0.305 e. The average Bonchev–Trinajstić information content (AvgIpc) is 2.32. The largest absolute Gasteiger partial charge is 0.466 e. The number of esters is 1. The van der Waals surface area contributed by atoms with Gasteiger partial charge in [-0.25, -0.2) is 0 Å². The number of nitrogens with one attached hydrogen (secondary N) is 1. The lowest BCUT2D eigenvalue weighted by molar-refractivity contribution is -0.143. The monoisotopic (exact) mass is 263 g/mol. The Morgan fingerprint density at radius 2 is 1.94 bits per heavy atom. The Labute approximate surface area is 107 Å². The topological polar surface area (TPSA) is 55.4 Å². The quantitative estimate of drug-likeness (QED) is 0.453. The van der Waals surface area contributed by atoms with Crippen LogP contribution in [0.15, 0.2) is 0 Å². The molecular weight excluding hydrogens is 238 g/mol. The second-order valence-electron chi connectivity index (χ2n) is 3.80. The molecule has 17 heavy (non-hydrogen) atoms. The number of ether oxygens (including phenoxy) is 1. The van der Waals surface area contributed by atoms with Crippen molar-refractivity contribution < 1.29 is 13.7 Å². The Balaban J connectivity index is 3.13. The molecule has 0 aliphatic heterocycles. The van der Waals surface area contributed by atoms with Crippen molar-refractivity contribution in [3.8, 4) is 0 Å². The molecule has 0 amide bonds. The molecule has 0 rings (SSSR count). The van der Waals surface area contributed by atoms with Gasteiger partial charge in [-0.05, 0) is 26.3 Å². The molecule has 0 spiro atoms. The first kappa shape index (κ1) is 16.6. The summed E-state index contributed by atoms with van der Waals surface area (Å²) in [5.41, 5.74) is 0. The van der Waals surface area contributed by atoms with E-state index in [0.29, 0.717) is 13.0 Å². The van der Waals surface area contributed by atoms with Crippen LogP contribution in [0.1, 0.15) is 39.5 Å². The third-order valence-electron chi connectivity index (χ3n) is 2.37. The molecule has 0 bridgehead atoms. The molecule has 0 aromatic carbocycles. The first-order valence-corrected chi connectivity index (χ1v) is 7.90. The zero-order chi connectivity index (χ0) is 12.9. The third-order valence-corrected chi connectivity index (χ3v) is 3.67. The molecule has 0 saturated heterocycles. The zero-order valence-corrected chi connectivity index (χ0v) is 11.8. The molecule has 0 radical (unpaired) electrons. The molecule has 0 aromatic heterocycles. The van der Waals surface area contributed by atoms with Crippen molar-refractivity contribution in [3.05, 3.63) is 0 Å². The first-order chi connectivity index (χ1) is 8.20. The van der Waals surface area contributed by atoms with Crippen LogP contribution in [-0.2, 0) is 20.3 Å². The van der Waals surface area contributed by atoms with Crippen LogP contribution in [0, 0.1) is 0 Å². The highest BCUT2D eigenvalue weighted by molar-refractivity contribution is 7.84. The van der Waals surface area contributed by atoms with E-state index in [2.05, 4.69) is 5.32 Å². The summed E-state index contributed by atoms with van der Waals surface area (Å²) in [6.07, 6.45) is 3.50. The van der Waals surface area contributed by atoms with E-state index in [1.165, 1.54) is 0 Å². The van der Waals surface area contributed by atoms with Crippen molar-refractivity contribution in [2.75, 3.05) is 31.2 Å². The molecule has 0 heterocycles. The maximum Gasteiger partial charge on any atom is 0.305 e. The zero-order valence-electron chi connectivity index (χ0n) is 11.0.